The molecule has 2 aromatic rings. The molecule has 4 nitrogen and oxygen atoms in total. The standard InChI is InChI=1S/C20H21NO3/c22-19(21-18-8-2-1-3-9-18)14-24-20(23)13-15-10-11-16-6-4-5-7-17(16)12-15/h1-3,8-12H,4-7,13-14H2,(H,21,22). The minimum Gasteiger partial charge on any atom is -0.455 e. The van der Waals surface area contributed by atoms with Crippen LogP contribution in [0.3, 0.4) is 0 Å². The van der Waals surface area contributed by atoms with E-state index in [-0.39, 0.29) is 24.9 Å². The fraction of sp³-hybridized carbons (Fsp3) is 0.300. The van der Waals surface area contributed by atoms with E-state index in [1.807, 2.05) is 24.3 Å². The van der Waals surface area contributed by atoms with Gasteiger partial charge in [0.1, 0.15) is 0 Å². The molecule has 0 spiro atoms. The quantitative estimate of drug-likeness (QED) is 0.859. The molecule has 1 N–H and O–H groups in total. The third kappa shape index (κ3) is 4.44. The molecule has 0 saturated carbocycles. The van der Waals surface area contributed by atoms with Crippen molar-refractivity contribution in [3.8, 4) is 0 Å². The smallest absolute Gasteiger partial charge is 0.310 e. The number of para-hydroxylation sites is 1. The van der Waals surface area contributed by atoms with E-state index in [1.54, 1.807) is 12.1 Å². The summed E-state index contributed by atoms with van der Waals surface area (Å²) in [7, 11) is 0. The number of hydrogen-bond donors (Lipinski definition) is 1. The van der Waals surface area contributed by atoms with E-state index < -0.39 is 0 Å². The Morgan fingerprint density at radius 2 is 1.71 bits per heavy atom. The number of hydrogen-bond acceptors (Lipinski definition) is 3. The summed E-state index contributed by atoms with van der Waals surface area (Å²) in [6.07, 6.45) is 4.86. The summed E-state index contributed by atoms with van der Waals surface area (Å²) in [6, 6.07) is 15.3. The Morgan fingerprint density at radius 1 is 0.958 bits per heavy atom. The van der Waals surface area contributed by atoms with Gasteiger partial charge in [-0.1, -0.05) is 36.4 Å². The van der Waals surface area contributed by atoms with Gasteiger partial charge >= 0.3 is 5.97 Å². The topological polar surface area (TPSA) is 55.4 Å². The molecule has 0 atom stereocenters. The molecule has 0 saturated heterocycles. The zero-order valence-electron chi connectivity index (χ0n) is 13.6. The van der Waals surface area contributed by atoms with Gasteiger partial charge in [-0.3, -0.25) is 9.59 Å². The molecule has 0 heterocycles. The van der Waals surface area contributed by atoms with Gasteiger partial charge in [-0.15, -0.1) is 0 Å². The highest BCUT2D eigenvalue weighted by Crippen LogP contribution is 2.22. The maximum absolute atomic E-state index is 11.9. The fourth-order valence-corrected chi connectivity index (χ4v) is 2.98. The molecule has 4 heteroatoms. The average Bonchev–Trinajstić information content (AvgIpc) is 2.61. The monoisotopic (exact) mass is 323 g/mol. The van der Waals surface area contributed by atoms with Crippen molar-refractivity contribution in [2.45, 2.75) is 32.1 Å². The van der Waals surface area contributed by atoms with Crippen molar-refractivity contribution in [3.63, 3.8) is 0 Å². The second-order valence-corrected chi connectivity index (χ2v) is 6.06. The molecular weight excluding hydrogens is 302 g/mol. The summed E-state index contributed by atoms with van der Waals surface area (Å²) in [6.45, 7) is -0.265. The van der Waals surface area contributed by atoms with Gasteiger partial charge in [-0.2, -0.15) is 0 Å². The van der Waals surface area contributed by atoms with Crippen molar-refractivity contribution in [1.82, 2.24) is 0 Å². The predicted octanol–water partition coefficient (Wildman–Crippen LogP) is 3.29. The highest BCUT2D eigenvalue weighted by atomic mass is 16.5. The first-order valence-electron chi connectivity index (χ1n) is 8.32. The predicted molar refractivity (Wildman–Crippen MR) is 92.8 cm³/mol. The molecule has 24 heavy (non-hydrogen) atoms. The number of nitrogens with one attached hydrogen (secondary N) is 1. The molecule has 0 fully saturated rings. The molecular formula is C20H21NO3. The summed E-state index contributed by atoms with van der Waals surface area (Å²) >= 11 is 0. The molecule has 0 aromatic heterocycles. The molecule has 1 aliphatic rings. The normalized spacial score (nSPS) is 13.0. The van der Waals surface area contributed by atoms with Crippen LogP contribution < -0.4 is 5.32 Å². The Balaban J connectivity index is 1.48. The third-order valence-electron chi connectivity index (χ3n) is 4.18. The summed E-state index contributed by atoms with van der Waals surface area (Å²) in [5.41, 5.74) is 4.37. The third-order valence-corrected chi connectivity index (χ3v) is 4.18. The first-order valence-corrected chi connectivity index (χ1v) is 8.32. The van der Waals surface area contributed by atoms with Crippen LogP contribution in [0.2, 0.25) is 0 Å². The summed E-state index contributed by atoms with van der Waals surface area (Å²) in [5, 5.41) is 2.69. The average molecular weight is 323 g/mol. The summed E-state index contributed by atoms with van der Waals surface area (Å²) < 4.78 is 5.07. The number of anilines is 1. The van der Waals surface area contributed by atoms with Crippen LogP contribution in [0.1, 0.15) is 29.5 Å². The maximum Gasteiger partial charge on any atom is 0.310 e. The number of benzene rings is 2. The van der Waals surface area contributed by atoms with E-state index >= 15 is 0 Å². The number of esters is 1. The van der Waals surface area contributed by atoms with E-state index in [0.717, 1.165) is 18.4 Å². The zero-order valence-corrected chi connectivity index (χ0v) is 13.6. The van der Waals surface area contributed by atoms with Crippen LogP contribution in [0.25, 0.3) is 0 Å². The highest BCUT2D eigenvalue weighted by Gasteiger charge is 2.12. The van der Waals surface area contributed by atoms with Crippen molar-refractivity contribution in [2.24, 2.45) is 0 Å². The fourth-order valence-electron chi connectivity index (χ4n) is 2.98. The molecule has 0 unspecified atom stereocenters. The number of aryl methyl sites for hydroxylation is 2. The van der Waals surface area contributed by atoms with E-state index in [4.69, 9.17) is 4.74 Å². The van der Waals surface area contributed by atoms with Crippen molar-refractivity contribution < 1.29 is 14.3 Å². The van der Waals surface area contributed by atoms with Crippen molar-refractivity contribution in [1.29, 1.82) is 0 Å². The molecule has 0 bridgehead atoms. The van der Waals surface area contributed by atoms with Crippen LogP contribution in [-0.2, 0) is 33.6 Å². The molecule has 3 rings (SSSR count). The first-order chi connectivity index (χ1) is 11.7. The van der Waals surface area contributed by atoms with Gasteiger partial charge in [0.2, 0.25) is 0 Å². The lowest BCUT2D eigenvalue weighted by Crippen LogP contribution is -2.21. The van der Waals surface area contributed by atoms with E-state index in [9.17, 15) is 9.59 Å². The second kappa shape index (κ2) is 7.77. The van der Waals surface area contributed by atoms with Crippen LogP contribution >= 0.6 is 0 Å². The van der Waals surface area contributed by atoms with Crippen LogP contribution in [0.4, 0.5) is 5.69 Å². The van der Waals surface area contributed by atoms with Gasteiger partial charge < -0.3 is 10.1 Å². The molecule has 1 amide bonds. The Bertz CT molecular complexity index is 725. The van der Waals surface area contributed by atoms with E-state index in [0.29, 0.717) is 5.69 Å². The number of rotatable bonds is 5. The highest BCUT2D eigenvalue weighted by molar-refractivity contribution is 5.92. The Hall–Kier alpha value is -2.62. The zero-order chi connectivity index (χ0) is 16.8. The van der Waals surface area contributed by atoms with Gasteiger partial charge in [-0.25, -0.2) is 0 Å². The minimum absolute atomic E-state index is 0.200. The number of carbonyl (C=O) groups excluding carboxylic acids is 2. The number of fused-ring (bicyclic) bond motifs is 1. The van der Waals surface area contributed by atoms with Crippen molar-refractivity contribution in [3.05, 3.63) is 65.2 Å². The van der Waals surface area contributed by atoms with Crippen LogP contribution in [-0.4, -0.2) is 18.5 Å². The minimum atomic E-state index is -0.381. The first kappa shape index (κ1) is 16.2. The summed E-state index contributed by atoms with van der Waals surface area (Å²) in [4.78, 5) is 23.7. The van der Waals surface area contributed by atoms with Gasteiger partial charge in [0.05, 0.1) is 6.42 Å². The van der Waals surface area contributed by atoms with Gasteiger partial charge in [0.15, 0.2) is 6.61 Å². The second-order valence-electron chi connectivity index (χ2n) is 6.06. The molecule has 0 radical (unpaired) electrons. The lowest BCUT2D eigenvalue weighted by molar-refractivity contribution is -0.146. The molecule has 1 aliphatic carbocycles. The Labute approximate surface area is 141 Å². The van der Waals surface area contributed by atoms with Crippen LogP contribution in [0.15, 0.2) is 48.5 Å². The lowest BCUT2D eigenvalue weighted by atomic mass is 9.90. The van der Waals surface area contributed by atoms with Crippen LogP contribution in [0.5, 0.6) is 0 Å². The lowest BCUT2D eigenvalue weighted by Gasteiger charge is -2.16. The molecule has 124 valence electrons. The largest absolute Gasteiger partial charge is 0.455 e. The van der Waals surface area contributed by atoms with Gasteiger partial charge in [-0.05, 0) is 54.5 Å². The summed E-state index contributed by atoms with van der Waals surface area (Å²) in [5.74, 6) is -0.714. The Kier molecular flexibility index (Phi) is 5.26. The number of ether oxygens (including phenoxy) is 1. The number of carbonyl (C=O) groups is 2. The Morgan fingerprint density at radius 3 is 2.50 bits per heavy atom. The van der Waals surface area contributed by atoms with E-state index in [2.05, 4.69) is 17.4 Å². The maximum atomic E-state index is 11.9. The molecule has 2 aromatic carbocycles. The molecule has 0 aliphatic heterocycles. The van der Waals surface area contributed by atoms with E-state index in [1.165, 1.54) is 24.0 Å². The van der Waals surface area contributed by atoms with Crippen LogP contribution in [0, 0.1) is 0 Å². The van der Waals surface area contributed by atoms with Gasteiger partial charge in [0, 0.05) is 5.69 Å². The van der Waals surface area contributed by atoms with Crippen molar-refractivity contribution in [2.75, 3.05) is 11.9 Å². The SMILES string of the molecule is O=C(COC(=O)Cc1ccc2c(c1)CCCC2)Nc1ccccc1. The number of amides is 1. The van der Waals surface area contributed by atoms with Crippen molar-refractivity contribution >= 4 is 17.6 Å². The van der Waals surface area contributed by atoms with Gasteiger partial charge in [0.25, 0.3) is 5.91 Å².